The summed E-state index contributed by atoms with van der Waals surface area (Å²) >= 11 is 0. The van der Waals surface area contributed by atoms with Gasteiger partial charge in [-0.3, -0.25) is 0 Å². The Morgan fingerprint density at radius 1 is 1.10 bits per heavy atom. The second-order valence-electron chi connectivity index (χ2n) is 4.98. The van der Waals surface area contributed by atoms with Gasteiger partial charge in [0.2, 0.25) is 0 Å². The summed E-state index contributed by atoms with van der Waals surface area (Å²) in [7, 11) is 3.06. The van der Waals surface area contributed by atoms with Gasteiger partial charge in [0.15, 0.2) is 0 Å². The van der Waals surface area contributed by atoms with Crippen LogP contribution in [0.25, 0.3) is 11.6 Å². The molecule has 2 aromatic rings. The Hall–Kier alpha value is -2.55. The molecule has 3 heteroatoms. The maximum Gasteiger partial charge on any atom is 0.337 e. The summed E-state index contributed by atoms with van der Waals surface area (Å²) in [5, 5.41) is 0. The van der Waals surface area contributed by atoms with Gasteiger partial charge in [-0.1, -0.05) is 24.3 Å². The van der Waals surface area contributed by atoms with E-state index in [0.29, 0.717) is 5.56 Å². The minimum atomic E-state index is -0.311. The van der Waals surface area contributed by atoms with Crippen molar-refractivity contribution in [1.29, 1.82) is 0 Å². The number of benzene rings is 2. The van der Waals surface area contributed by atoms with Gasteiger partial charge in [0, 0.05) is 0 Å². The maximum absolute atomic E-state index is 11.6. The highest BCUT2D eigenvalue weighted by Crippen LogP contribution is 2.33. The van der Waals surface area contributed by atoms with Crippen LogP contribution in [0.1, 0.15) is 27.0 Å². The number of hydrogen-bond donors (Lipinski definition) is 0. The molecule has 21 heavy (non-hydrogen) atoms. The molecule has 0 aromatic heterocycles. The number of ether oxygens (including phenoxy) is 2. The molecular formula is C18H16O3. The largest absolute Gasteiger partial charge is 0.497 e. The normalized spacial score (nSPS) is 12.6. The minimum Gasteiger partial charge on any atom is -0.497 e. The standard InChI is InChI=1S/C18H16O3/c1-20-17-7-6-13-9-15(10-16(13)11-17)12-4-3-5-14(8-12)18(19)21-2/h3-8,10-11H,9H2,1-2H3. The molecule has 0 saturated carbocycles. The van der Waals surface area contributed by atoms with Crippen molar-refractivity contribution in [3.63, 3.8) is 0 Å². The highest BCUT2D eigenvalue weighted by molar-refractivity contribution is 5.93. The Kier molecular flexibility index (Phi) is 3.48. The molecule has 3 nitrogen and oxygen atoms in total. The zero-order chi connectivity index (χ0) is 14.8. The Morgan fingerprint density at radius 3 is 2.71 bits per heavy atom. The van der Waals surface area contributed by atoms with E-state index in [9.17, 15) is 4.79 Å². The molecule has 106 valence electrons. The maximum atomic E-state index is 11.6. The fourth-order valence-electron chi connectivity index (χ4n) is 2.59. The number of carbonyl (C=O) groups is 1. The number of fused-ring (bicyclic) bond motifs is 1. The highest BCUT2D eigenvalue weighted by atomic mass is 16.5. The first kappa shape index (κ1) is 13.4. The van der Waals surface area contributed by atoms with Gasteiger partial charge in [-0.15, -0.1) is 0 Å². The quantitative estimate of drug-likeness (QED) is 0.806. The van der Waals surface area contributed by atoms with Gasteiger partial charge in [-0.05, 0) is 52.9 Å². The van der Waals surface area contributed by atoms with E-state index < -0.39 is 0 Å². The summed E-state index contributed by atoms with van der Waals surface area (Å²) in [5.41, 5.74) is 5.27. The number of carbonyl (C=O) groups excluding carboxylic acids is 1. The van der Waals surface area contributed by atoms with Crippen LogP contribution in [0.3, 0.4) is 0 Å². The average Bonchev–Trinajstić information content (AvgIpc) is 2.97. The third-order valence-corrected chi connectivity index (χ3v) is 3.72. The van der Waals surface area contributed by atoms with Crippen molar-refractivity contribution >= 4 is 17.6 Å². The van der Waals surface area contributed by atoms with Crippen LogP contribution in [-0.4, -0.2) is 20.2 Å². The van der Waals surface area contributed by atoms with Crippen LogP contribution in [0, 0.1) is 0 Å². The van der Waals surface area contributed by atoms with E-state index in [1.54, 1.807) is 13.2 Å². The molecule has 0 spiro atoms. The van der Waals surface area contributed by atoms with Crippen molar-refractivity contribution in [1.82, 2.24) is 0 Å². The van der Waals surface area contributed by atoms with Crippen molar-refractivity contribution in [3.8, 4) is 5.75 Å². The monoisotopic (exact) mass is 280 g/mol. The molecule has 0 radical (unpaired) electrons. The zero-order valence-electron chi connectivity index (χ0n) is 12.1. The molecular weight excluding hydrogens is 264 g/mol. The van der Waals surface area contributed by atoms with Gasteiger partial charge in [0.25, 0.3) is 0 Å². The first-order chi connectivity index (χ1) is 10.2. The second kappa shape index (κ2) is 5.44. The van der Waals surface area contributed by atoms with Gasteiger partial charge in [0.05, 0.1) is 19.8 Å². The first-order valence-electron chi connectivity index (χ1n) is 6.77. The zero-order valence-corrected chi connectivity index (χ0v) is 12.1. The molecule has 0 aliphatic heterocycles. The lowest BCUT2D eigenvalue weighted by Crippen LogP contribution is -2.01. The van der Waals surface area contributed by atoms with Crippen LogP contribution < -0.4 is 4.74 Å². The molecule has 0 N–H and O–H groups in total. The van der Waals surface area contributed by atoms with E-state index in [4.69, 9.17) is 9.47 Å². The number of rotatable bonds is 3. The number of esters is 1. The summed E-state index contributed by atoms with van der Waals surface area (Å²) in [4.78, 5) is 11.6. The minimum absolute atomic E-state index is 0.311. The predicted molar refractivity (Wildman–Crippen MR) is 82.4 cm³/mol. The Bertz CT molecular complexity index is 729. The van der Waals surface area contributed by atoms with E-state index in [1.807, 2.05) is 30.3 Å². The number of methoxy groups -OCH3 is 2. The van der Waals surface area contributed by atoms with Crippen LogP contribution >= 0.6 is 0 Å². The third kappa shape index (κ3) is 2.55. The van der Waals surface area contributed by atoms with Crippen molar-refractivity contribution < 1.29 is 14.3 Å². The predicted octanol–water partition coefficient (Wildman–Crippen LogP) is 3.58. The summed E-state index contributed by atoms with van der Waals surface area (Å²) in [6.07, 6.45) is 3.01. The summed E-state index contributed by atoms with van der Waals surface area (Å²) in [5.74, 6) is 0.546. The molecule has 0 heterocycles. The van der Waals surface area contributed by atoms with Crippen LogP contribution in [-0.2, 0) is 11.2 Å². The Morgan fingerprint density at radius 2 is 1.95 bits per heavy atom. The molecule has 3 rings (SSSR count). The Balaban J connectivity index is 1.94. The van der Waals surface area contributed by atoms with E-state index in [0.717, 1.165) is 17.7 Å². The van der Waals surface area contributed by atoms with Crippen molar-refractivity contribution in [2.75, 3.05) is 14.2 Å². The fraction of sp³-hybridized carbons (Fsp3) is 0.167. The smallest absolute Gasteiger partial charge is 0.337 e. The van der Waals surface area contributed by atoms with Gasteiger partial charge in [-0.25, -0.2) is 4.79 Å². The van der Waals surface area contributed by atoms with Crippen LogP contribution in [0.4, 0.5) is 0 Å². The lowest BCUT2D eigenvalue weighted by atomic mass is 10.0. The third-order valence-electron chi connectivity index (χ3n) is 3.72. The molecule has 1 aliphatic carbocycles. The van der Waals surface area contributed by atoms with Crippen molar-refractivity contribution in [2.45, 2.75) is 6.42 Å². The molecule has 0 bridgehead atoms. The van der Waals surface area contributed by atoms with Crippen molar-refractivity contribution in [2.24, 2.45) is 0 Å². The van der Waals surface area contributed by atoms with Crippen molar-refractivity contribution in [3.05, 3.63) is 64.7 Å². The van der Waals surface area contributed by atoms with Gasteiger partial charge in [-0.2, -0.15) is 0 Å². The van der Waals surface area contributed by atoms with E-state index in [1.165, 1.54) is 23.8 Å². The highest BCUT2D eigenvalue weighted by Gasteiger charge is 2.16. The topological polar surface area (TPSA) is 35.5 Å². The summed E-state index contributed by atoms with van der Waals surface area (Å²) < 4.78 is 10.0. The van der Waals surface area contributed by atoms with Crippen LogP contribution in [0.5, 0.6) is 5.75 Å². The van der Waals surface area contributed by atoms with Gasteiger partial charge >= 0.3 is 5.97 Å². The number of allylic oxidation sites excluding steroid dienone is 1. The Labute approximate surface area is 123 Å². The van der Waals surface area contributed by atoms with Crippen LogP contribution in [0.2, 0.25) is 0 Å². The average molecular weight is 280 g/mol. The molecule has 2 aromatic carbocycles. The SMILES string of the molecule is COC(=O)c1cccc(C2=Cc3cc(OC)ccc3C2)c1. The van der Waals surface area contributed by atoms with E-state index >= 15 is 0 Å². The van der Waals surface area contributed by atoms with E-state index in [-0.39, 0.29) is 5.97 Å². The molecule has 1 aliphatic rings. The van der Waals surface area contributed by atoms with Gasteiger partial charge < -0.3 is 9.47 Å². The number of hydrogen-bond acceptors (Lipinski definition) is 3. The molecule has 0 unspecified atom stereocenters. The van der Waals surface area contributed by atoms with Gasteiger partial charge in [0.1, 0.15) is 5.75 Å². The summed E-state index contributed by atoms with van der Waals surface area (Å²) in [6, 6.07) is 13.6. The van der Waals surface area contributed by atoms with Crippen LogP contribution in [0.15, 0.2) is 42.5 Å². The first-order valence-corrected chi connectivity index (χ1v) is 6.77. The summed E-state index contributed by atoms with van der Waals surface area (Å²) in [6.45, 7) is 0. The molecule has 0 saturated heterocycles. The lowest BCUT2D eigenvalue weighted by Gasteiger charge is -2.05. The second-order valence-corrected chi connectivity index (χ2v) is 4.98. The molecule has 0 fully saturated rings. The lowest BCUT2D eigenvalue weighted by molar-refractivity contribution is 0.0600. The van der Waals surface area contributed by atoms with E-state index in [2.05, 4.69) is 12.1 Å². The molecule has 0 amide bonds. The molecule has 0 atom stereocenters. The fourth-order valence-corrected chi connectivity index (χ4v) is 2.59.